The highest BCUT2D eigenvalue weighted by molar-refractivity contribution is 6.49. The van der Waals surface area contributed by atoms with E-state index < -0.39 is 0 Å². The van der Waals surface area contributed by atoms with Gasteiger partial charge in [-0.05, 0) is 251 Å². The molecule has 1 N–H and O–H groups in total. The molecule has 27 rings (SSSR count). The fraction of sp³-hybridized carbons (Fsp3) is 0.0862. The molecule has 10 aliphatic carbocycles. The Kier molecular flexibility index (Phi) is 23.1. The lowest BCUT2D eigenvalue weighted by Gasteiger charge is -2.52. The minimum Gasteiger partial charge on any atom is -0.356 e. The smallest absolute Gasteiger partial charge is 0.0887 e. The molecule has 3 nitrogen and oxygen atoms in total. The van der Waals surface area contributed by atoms with Crippen LogP contribution < -0.4 is 15.1 Å². The molecule has 0 fully saturated rings. The number of rotatable bonds is 10. The normalized spacial score (nSPS) is 17.4. The van der Waals surface area contributed by atoms with Gasteiger partial charge in [0.15, 0.2) is 0 Å². The van der Waals surface area contributed by atoms with Crippen molar-refractivity contribution < 1.29 is 0 Å². The van der Waals surface area contributed by atoms with Gasteiger partial charge in [-0.2, -0.15) is 0 Å². The second-order valence-electron chi connectivity index (χ2n) is 33.0. The van der Waals surface area contributed by atoms with Crippen LogP contribution >= 0.6 is 81.2 Å². The summed E-state index contributed by atoms with van der Waals surface area (Å²) in [6, 6.07) is 142. The second kappa shape index (κ2) is 35.6. The molecule has 0 aromatic heterocycles. The Bertz CT molecular complexity index is 6590. The number of hydrogen-bond acceptors (Lipinski definition) is 3. The van der Waals surface area contributed by atoms with Crippen LogP contribution in [0.1, 0.15) is 141 Å². The van der Waals surface area contributed by atoms with Crippen LogP contribution in [0, 0.1) is 25.7 Å². The van der Waals surface area contributed by atoms with Crippen LogP contribution in [0.3, 0.4) is 0 Å². The molecule has 10 aliphatic rings. The molecule has 0 amide bonds. The first-order valence-electron chi connectivity index (χ1n) is 42.7. The van der Waals surface area contributed by atoms with Crippen LogP contribution in [0.15, 0.2) is 419 Å². The van der Waals surface area contributed by atoms with Crippen LogP contribution in [-0.4, -0.2) is 0 Å². The molecule has 126 heavy (non-hydrogen) atoms. The highest BCUT2D eigenvalue weighted by Crippen LogP contribution is 2.65. The highest BCUT2D eigenvalue weighted by Gasteiger charge is 2.51. The molecule has 0 radical (unpaired) electrons. The molecule has 6 bridgehead atoms. The molecular formula is C116H84Cl7N3. The van der Waals surface area contributed by atoms with E-state index in [1.54, 1.807) is 17.7 Å². The third kappa shape index (κ3) is 15.2. The molecule has 612 valence electrons. The molecule has 0 heterocycles. The minimum absolute atomic E-state index is 0.201. The van der Waals surface area contributed by atoms with Gasteiger partial charge in [-0.25, -0.2) is 0 Å². The number of halogens is 7. The fourth-order valence-electron chi connectivity index (χ4n) is 20.7. The zero-order valence-electron chi connectivity index (χ0n) is 69.0. The Morgan fingerprint density at radius 2 is 0.571 bits per heavy atom. The van der Waals surface area contributed by atoms with Crippen molar-refractivity contribution in [2.24, 2.45) is 11.8 Å². The minimum atomic E-state index is 0.201. The van der Waals surface area contributed by atoms with Gasteiger partial charge >= 0.3 is 0 Å². The van der Waals surface area contributed by atoms with E-state index in [-0.39, 0.29) is 23.7 Å². The van der Waals surface area contributed by atoms with Crippen LogP contribution in [0.4, 0.5) is 45.5 Å². The Labute approximate surface area is 772 Å². The lowest BCUT2D eigenvalue weighted by Crippen LogP contribution is -2.40. The number of allylic oxidation sites excluding steroid dienone is 4. The highest BCUT2D eigenvalue weighted by atomic mass is 35.5. The topological polar surface area (TPSA) is 18.5 Å². The van der Waals surface area contributed by atoms with Crippen molar-refractivity contribution in [2.45, 2.75) is 49.4 Å². The monoisotopic (exact) mass is 1760 g/mol. The van der Waals surface area contributed by atoms with E-state index in [4.69, 9.17) is 81.2 Å². The van der Waals surface area contributed by atoms with Crippen LogP contribution in [0.2, 0.25) is 35.2 Å². The maximum Gasteiger partial charge on any atom is 0.0887 e. The molecule has 17 aromatic carbocycles. The zero-order valence-corrected chi connectivity index (χ0v) is 74.3. The van der Waals surface area contributed by atoms with E-state index >= 15 is 0 Å². The largest absolute Gasteiger partial charge is 0.356 e. The summed E-state index contributed by atoms with van der Waals surface area (Å²) >= 11 is 43.9. The number of benzene rings is 17. The van der Waals surface area contributed by atoms with E-state index in [1.807, 2.05) is 79.7 Å². The number of aryl methyl sites for hydroxylation is 2. The van der Waals surface area contributed by atoms with Gasteiger partial charge in [-0.1, -0.05) is 391 Å². The average Bonchev–Trinajstić information content (AvgIpc) is 0.704. The number of hydrogen-bond donors (Lipinski definition) is 1. The van der Waals surface area contributed by atoms with Crippen LogP contribution in [0.5, 0.6) is 0 Å². The molecule has 2 unspecified atom stereocenters. The fourth-order valence-corrected chi connectivity index (χ4v) is 22.3. The summed E-state index contributed by atoms with van der Waals surface area (Å²) in [5.74, 6) is 2.43. The number of para-hydroxylation sites is 6. The van der Waals surface area contributed by atoms with Crippen LogP contribution in [-0.2, 0) is 0 Å². The van der Waals surface area contributed by atoms with Crippen molar-refractivity contribution in [3.63, 3.8) is 0 Å². The Hall–Kier alpha value is -12.4. The molecule has 10 heteroatoms. The van der Waals surface area contributed by atoms with Gasteiger partial charge in [0.25, 0.3) is 0 Å². The van der Waals surface area contributed by atoms with E-state index in [1.165, 1.54) is 106 Å². The van der Waals surface area contributed by atoms with Crippen molar-refractivity contribution in [3.05, 3.63) is 559 Å². The van der Waals surface area contributed by atoms with Gasteiger partial charge in [-0.15, -0.1) is 0 Å². The number of nitrogens with one attached hydrogen (secondary N) is 1. The molecule has 2 atom stereocenters. The van der Waals surface area contributed by atoms with E-state index in [0.717, 1.165) is 56.6 Å². The van der Waals surface area contributed by atoms with Crippen molar-refractivity contribution in [2.75, 3.05) is 15.1 Å². The first-order valence-corrected chi connectivity index (χ1v) is 45.4. The maximum absolute atomic E-state index is 7.83. The van der Waals surface area contributed by atoms with E-state index in [2.05, 4.69) is 356 Å². The number of anilines is 8. The van der Waals surface area contributed by atoms with Crippen molar-refractivity contribution in [1.29, 1.82) is 0 Å². The summed E-state index contributed by atoms with van der Waals surface area (Å²) < 4.78 is 0. The predicted molar refractivity (Wildman–Crippen MR) is 531 cm³/mol. The van der Waals surface area contributed by atoms with Gasteiger partial charge in [-0.3, -0.25) is 0 Å². The third-order valence-electron chi connectivity index (χ3n) is 25.8. The molecule has 17 aromatic rings. The molecule has 0 spiro atoms. The van der Waals surface area contributed by atoms with Gasteiger partial charge in [0, 0.05) is 75.5 Å². The van der Waals surface area contributed by atoms with Gasteiger partial charge in [0.2, 0.25) is 0 Å². The van der Waals surface area contributed by atoms with Gasteiger partial charge in [0.1, 0.15) is 0 Å². The molecule has 0 saturated carbocycles. The van der Waals surface area contributed by atoms with Crippen molar-refractivity contribution >= 4 is 132 Å². The predicted octanol–water partition coefficient (Wildman–Crippen LogP) is 34.4. The molecular weight excluding hydrogens is 1680 g/mol. The van der Waals surface area contributed by atoms with Gasteiger partial charge in [0.05, 0.1) is 46.5 Å². The summed E-state index contributed by atoms with van der Waals surface area (Å²) in [6.45, 7) is 4.17. The maximum atomic E-state index is 7.83. The van der Waals surface area contributed by atoms with Crippen LogP contribution in [0.25, 0.3) is 16.7 Å². The standard InChI is InChI=1S/C50H37ClN2.C26H15Cl3.C21H16.C12H11N.C7H5Cl3/c51-50-45(52(35-18-5-1-6-19-35)36-20-7-2-8-21-36)32-34(33-46(50)53(37-22-9-3-10-23-37)38-24-11-4-12-25-38)39-30-17-31-44-47-40-26-13-15-28-42(40)49(48(39)44)43-29-16-14-27-41(43)47;27-21-12-14(13-22(28)26(21)29)15-10-5-11-20-23-16-6-1-3-8-18(16)25(24(15)20)19-9-4-2-7-17(19)23;1-13-7-6-12-18-19(13)21-16-10-4-2-8-14(16)20(18)15-9-3-5-11-17(15)21;1-3-7-11(8-4-1)13-12-9-5-2-6-10-12;1-4-2-5(8)7(10)6(9)3-4/h1-33,44,47-49H;1-13,23,25H;2-12,20-21H,1H3;1-10,13H;2-3H,1H3. The number of nitrogens with zero attached hydrogens (tertiary/aromatic N) is 2. The van der Waals surface area contributed by atoms with E-state index in [9.17, 15) is 0 Å². The van der Waals surface area contributed by atoms with E-state index in [0.29, 0.717) is 58.8 Å². The van der Waals surface area contributed by atoms with Gasteiger partial charge < -0.3 is 15.1 Å². The van der Waals surface area contributed by atoms with Crippen molar-refractivity contribution in [1.82, 2.24) is 0 Å². The SMILES string of the molecule is Cc1cc(Cl)c(Cl)c(Cl)c1.Cc1cccc2c1C1c3ccccc3C2c2ccccc21.Clc1c(N(c2ccccc2)c2ccccc2)cc(C2=CC=CC3C4c5ccccc5C(c5ccccc54)C23)cc1N(c1ccccc1)c1ccccc1.Clc1cc(-c2cccc3c2C2c4ccccc4C3c3ccccc32)cc(Cl)c1Cl.c1ccc(Nc2ccccc2)cc1. The van der Waals surface area contributed by atoms with Crippen molar-refractivity contribution in [3.8, 4) is 11.1 Å². The third-order valence-corrected chi connectivity index (χ3v) is 28.6. The summed E-state index contributed by atoms with van der Waals surface area (Å²) in [4.78, 5) is 4.61. The first kappa shape index (κ1) is 82.0. The average molecular weight is 1770 g/mol. The summed E-state index contributed by atoms with van der Waals surface area (Å²) in [7, 11) is 0. The second-order valence-corrected chi connectivity index (χ2v) is 35.7. The quantitative estimate of drug-likeness (QED) is 0.138. The summed E-state index contributed by atoms with van der Waals surface area (Å²) in [5, 5.41) is 6.78. The lowest BCUT2D eigenvalue weighted by atomic mass is 9.51. The summed E-state index contributed by atoms with van der Waals surface area (Å²) in [5.41, 5.74) is 38.7. The Morgan fingerprint density at radius 3 is 0.960 bits per heavy atom. The lowest BCUT2D eigenvalue weighted by molar-refractivity contribution is 0.342. The molecule has 0 saturated heterocycles. The molecule has 0 aliphatic heterocycles. The summed E-state index contributed by atoms with van der Waals surface area (Å²) in [6.07, 6.45) is 7.14. The first-order chi connectivity index (χ1) is 61.8. The zero-order chi connectivity index (χ0) is 85.6. The Balaban J connectivity index is 0.000000114. The Morgan fingerprint density at radius 1 is 0.262 bits per heavy atom.